The second-order valence-electron chi connectivity index (χ2n) is 3.94. The van der Waals surface area contributed by atoms with E-state index in [2.05, 4.69) is 51.8 Å². The number of aryl methyl sites for hydroxylation is 2. The van der Waals surface area contributed by atoms with Crippen molar-refractivity contribution in [1.29, 1.82) is 0 Å². The van der Waals surface area contributed by atoms with E-state index in [0.717, 1.165) is 5.56 Å². The molecule has 2 rings (SSSR count). The molecule has 0 saturated carbocycles. The first kappa shape index (κ1) is 13.2. The number of rotatable bonds is 2. The summed E-state index contributed by atoms with van der Waals surface area (Å²) in [5.74, 6) is -0.224. The molecule has 0 spiro atoms. The van der Waals surface area contributed by atoms with Crippen LogP contribution in [0, 0.1) is 19.7 Å². The minimum Gasteiger partial charge on any atom is -0.206 e. The van der Waals surface area contributed by atoms with Gasteiger partial charge in [0.05, 0.1) is 9.30 Å². The maximum atomic E-state index is 13.5. The maximum Gasteiger partial charge on any atom is 0.137 e. The molecule has 0 aliphatic heterocycles. The SMILES string of the molecule is Cc1cc(C)c(C(Br)c2ccc(Br)c(F)c2)s1. The van der Waals surface area contributed by atoms with Crippen molar-refractivity contribution in [2.45, 2.75) is 18.7 Å². The van der Waals surface area contributed by atoms with Gasteiger partial charge >= 0.3 is 0 Å². The highest BCUT2D eigenvalue weighted by molar-refractivity contribution is 9.10. The molecule has 1 aromatic heterocycles. The van der Waals surface area contributed by atoms with Gasteiger partial charge in [-0.15, -0.1) is 11.3 Å². The fourth-order valence-electron chi connectivity index (χ4n) is 1.73. The lowest BCUT2D eigenvalue weighted by Gasteiger charge is -2.10. The Balaban J connectivity index is 2.40. The molecule has 0 radical (unpaired) electrons. The van der Waals surface area contributed by atoms with E-state index in [1.54, 1.807) is 23.5 Å². The Hall–Kier alpha value is -0.190. The van der Waals surface area contributed by atoms with Crippen molar-refractivity contribution in [3.05, 3.63) is 55.4 Å². The first-order valence-electron chi connectivity index (χ1n) is 5.15. The van der Waals surface area contributed by atoms with Crippen molar-refractivity contribution in [1.82, 2.24) is 0 Å². The third-order valence-corrected chi connectivity index (χ3v) is 5.70. The molecule has 1 unspecified atom stereocenters. The molecule has 0 saturated heterocycles. The normalized spacial score (nSPS) is 12.8. The van der Waals surface area contributed by atoms with Crippen LogP contribution in [0.4, 0.5) is 4.39 Å². The summed E-state index contributed by atoms with van der Waals surface area (Å²) >= 11 is 8.56. The molecule has 0 aliphatic rings. The molecule has 90 valence electrons. The Morgan fingerprint density at radius 2 is 1.94 bits per heavy atom. The Labute approximate surface area is 121 Å². The lowest BCUT2D eigenvalue weighted by atomic mass is 10.1. The number of hydrogen-bond acceptors (Lipinski definition) is 1. The molecule has 2 aromatic rings. The quantitative estimate of drug-likeness (QED) is 0.584. The van der Waals surface area contributed by atoms with Gasteiger partial charge in [0.2, 0.25) is 0 Å². The molecule has 0 bridgehead atoms. The highest BCUT2D eigenvalue weighted by Crippen LogP contribution is 2.38. The first-order valence-corrected chi connectivity index (χ1v) is 7.67. The van der Waals surface area contributed by atoms with Crippen LogP contribution in [0.2, 0.25) is 0 Å². The Morgan fingerprint density at radius 3 is 2.47 bits per heavy atom. The van der Waals surface area contributed by atoms with Crippen LogP contribution in [0.3, 0.4) is 0 Å². The van der Waals surface area contributed by atoms with E-state index in [0.29, 0.717) is 4.47 Å². The highest BCUT2D eigenvalue weighted by Gasteiger charge is 2.16. The molecule has 0 amide bonds. The van der Waals surface area contributed by atoms with Crippen LogP contribution >= 0.6 is 43.2 Å². The molecule has 0 nitrogen and oxygen atoms in total. The van der Waals surface area contributed by atoms with Crippen molar-refractivity contribution in [2.24, 2.45) is 0 Å². The van der Waals surface area contributed by atoms with Crippen LogP contribution in [0.15, 0.2) is 28.7 Å². The van der Waals surface area contributed by atoms with E-state index in [9.17, 15) is 4.39 Å². The van der Waals surface area contributed by atoms with Crippen molar-refractivity contribution in [3.8, 4) is 0 Å². The van der Waals surface area contributed by atoms with Gasteiger partial charge in [-0.2, -0.15) is 0 Å². The number of benzene rings is 1. The second-order valence-corrected chi connectivity index (χ2v) is 7.00. The summed E-state index contributed by atoms with van der Waals surface area (Å²) in [6.07, 6.45) is 0. The molecular weight excluding hydrogens is 367 g/mol. The number of alkyl halides is 1. The van der Waals surface area contributed by atoms with Crippen LogP contribution in [0.1, 0.15) is 25.7 Å². The van der Waals surface area contributed by atoms with Gasteiger partial charge in [0.15, 0.2) is 0 Å². The average Bonchev–Trinajstić information content (AvgIpc) is 2.61. The van der Waals surface area contributed by atoms with Crippen LogP contribution in [0.25, 0.3) is 0 Å². The average molecular weight is 378 g/mol. The molecular formula is C13H11Br2FS. The zero-order valence-corrected chi connectivity index (χ0v) is 13.4. The highest BCUT2D eigenvalue weighted by atomic mass is 79.9. The topological polar surface area (TPSA) is 0 Å². The molecule has 1 atom stereocenters. The summed E-state index contributed by atoms with van der Waals surface area (Å²) in [6.45, 7) is 4.17. The van der Waals surface area contributed by atoms with E-state index >= 15 is 0 Å². The van der Waals surface area contributed by atoms with Crippen LogP contribution in [-0.2, 0) is 0 Å². The van der Waals surface area contributed by atoms with Gasteiger partial charge in [0.1, 0.15) is 5.82 Å². The zero-order valence-electron chi connectivity index (χ0n) is 9.43. The van der Waals surface area contributed by atoms with Gasteiger partial charge in [0, 0.05) is 9.75 Å². The zero-order chi connectivity index (χ0) is 12.6. The Kier molecular flexibility index (Phi) is 4.06. The summed E-state index contributed by atoms with van der Waals surface area (Å²) in [6, 6.07) is 7.40. The molecule has 1 aromatic carbocycles. The molecule has 1 heterocycles. The number of hydrogen-bond donors (Lipinski definition) is 0. The summed E-state index contributed by atoms with van der Waals surface area (Å²) < 4.78 is 14.0. The third kappa shape index (κ3) is 2.80. The van der Waals surface area contributed by atoms with Crippen molar-refractivity contribution < 1.29 is 4.39 Å². The van der Waals surface area contributed by atoms with Gasteiger partial charge in [-0.3, -0.25) is 0 Å². The largest absolute Gasteiger partial charge is 0.206 e. The number of thiophene rings is 1. The lowest BCUT2D eigenvalue weighted by Crippen LogP contribution is -1.93. The standard InChI is InChI=1S/C13H11Br2FS/c1-7-5-8(2)17-13(7)12(15)9-3-4-10(14)11(16)6-9/h3-6,12H,1-2H3. The summed E-state index contributed by atoms with van der Waals surface area (Å²) in [4.78, 5) is 2.58. The Bertz CT molecular complexity index is 548. The van der Waals surface area contributed by atoms with Gasteiger partial charge in [-0.05, 0) is 59.1 Å². The molecule has 0 aliphatic carbocycles. The monoisotopic (exact) mass is 376 g/mol. The van der Waals surface area contributed by atoms with Gasteiger partial charge in [-0.25, -0.2) is 4.39 Å². The van der Waals surface area contributed by atoms with Gasteiger partial charge in [-0.1, -0.05) is 22.0 Å². The second kappa shape index (κ2) is 5.21. The minimum atomic E-state index is -0.224. The van der Waals surface area contributed by atoms with E-state index in [1.807, 2.05) is 6.07 Å². The molecule has 0 fully saturated rings. The number of halogens is 3. The smallest absolute Gasteiger partial charge is 0.137 e. The lowest BCUT2D eigenvalue weighted by molar-refractivity contribution is 0.619. The van der Waals surface area contributed by atoms with E-state index in [1.165, 1.54) is 15.3 Å². The van der Waals surface area contributed by atoms with Gasteiger partial charge in [0.25, 0.3) is 0 Å². The first-order chi connectivity index (χ1) is 7.99. The molecule has 4 heteroatoms. The molecule has 17 heavy (non-hydrogen) atoms. The fourth-order valence-corrected chi connectivity index (χ4v) is 3.95. The van der Waals surface area contributed by atoms with Crippen molar-refractivity contribution >= 4 is 43.2 Å². The van der Waals surface area contributed by atoms with Crippen molar-refractivity contribution in [3.63, 3.8) is 0 Å². The van der Waals surface area contributed by atoms with Gasteiger partial charge < -0.3 is 0 Å². The predicted molar refractivity (Wildman–Crippen MR) is 78.7 cm³/mol. The van der Waals surface area contributed by atoms with Crippen LogP contribution < -0.4 is 0 Å². The predicted octanol–water partition coefficient (Wildman–Crippen LogP) is 5.75. The minimum absolute atomic E-state index is 0.0591. The summed E-state index contributed by atoms with van der Waals surface area (Å²) in [7, 11) is 0. The fraction of sp³-hybridized carbons (Fsp3) is 0.231. The Morgan fingerprint density at radius 1 is 1.24 bits per heavy atom. The summed E-state index contributed by atoms with van der Waals surface area (Å²) in [5.41, 5.74) is 2.19. The van der Waals surface area contributed by atoms with Crippen molar-refractivity contribution in [2.75, 3.05) is 0 Å². The third-order valence-electron chi connectivity index (χ3n) is 2.55. The summed E-state index contributed by atoms with van der Waals surface area (Å²) in [5, 5.41) is 0. The van der Waals surface area contributed by atoms with E-state index in [-0.39, 0.29) is 10.6 Å². The van der Waals surface area contributed by atoms with E-state index in [4.69, 9.17) is 0 Å². The van der Waals surface area contributed by atoms with E-state index < -0.39 is 0 Å². The van der Waals surface area contributed by atoms with Crippen LogP contribution in [-0.4, -0.2) is 0 Å². The maximum absolute atomic E-state index is 13.5. The molecule has 0 N–H and O–H groups in total. The van der Waals surface area contributed by atoms with Crippen LogP contribution in [0.5, 0.6) is 0 Å².